The Labute approximate surface area is 158 Å². The van der Waals surface area contributed by atoms with Crippen LogP contribution < -0.4 is 19.8 Å². The van der Waals surface area contributed by atoms with Gasteiger partial charge in [0.25, 0.3) is 0 Å². The van der Waals surface area contributed by atoms with Gasteiger partial charge in [0.15, 0.2) is 11.5 Å². The Hall–Kier alpha value is -0.990. The van der Waals surface area contributed by atoms with Gasteiger partial charge in [-0.25, -0.2) is 4.79 Å². The van der Waals surface area contributed by atoms with Crippen molar-refractivity contribution in [2.45, 2.75) is 3.74 Å². The van der Waals surface area contributed by atoms with Gasteiger partial charge in [0.2, 0.25) is 5.75 Å². The average Bonchev–Trinajstić information content (AvgIpc) is 2.53. The second-order valence-corrected chi connectivity index (χ2v) is 8.20. The summed E-state index contributed by atoms with van der Waals surface area (Å²) in [6.45, 7) is 0. The Morgan fingerprint density at radius 3 is 2.17 bits per heavy atom. The van der Waals surface area contributed by atoms with Gasteiger partial charge in [-0.3, -0.25) is 0 Å². The fourth-order valence-electron chi connectivity index (χ4n) is 2.03. The van der Waals surface area contributed by atoms with Crippen LogP contribution in [-0.4, -0.2) is 21.3 Å². The highest BCUT2D eigenvalue weighted by atomic mass is 79.9. The molecule has 0 fully saturated rings. The molecule has 1 aromatic carbocycles. The maximum Gasteiger partial charge on any atom is 0.341 e. The Morgan fingerprint density at radius 1 is 1.04 bits per heavy atom. The summed E-state index contributed by atoms with van der Waals surface area (Å²) in [6.07, 6.45) is 0. The van der Waals surface area contributed by atoms with Crippen molar-refractivity contribution in [1.82, 2.24) is 0 Å². The number of hydrogen-bond acceptors (Lipinski definition) is 5. The number of halogens is 3. The molecule has 0 aliphatic heterocycles. The Kier molecular flexibility index (Phi) is 6.16. The van der Waals surface area contributed by atoms with Crippen molar-refractivity contribution in [3.05, 3.63) is 38.7 Å². The highest BCUT2D eigenvalue weighted by Crippen LogP contribution is 2.47. The highest BCUT2D eigenvalue weighted by Gasteiger charge is 2.22. The van der Waals surface area contributed by atoms with E-state index in [1.807, 2.05) is 0 Å². The molecule has 0 saturated heterocycles. The summed E-state index contributed by atoms with van der Waals surface area (Å²) in [5, 5.41) is 0. The Morgan fingerprint density at radius 2 is 1.70 bits per heavy atom. The molecule has 0 radical (unpaired) electrons. The van der Waals surface area contributed by atoms with Crippen LogP contribution in [0.2, 0.25) is 0 Å². The minimum Gasteiger partial charge on any atom is -0.493 e. The zero-order chi connectivity index (χ0) is 17.1. The van der Waals surface area contributed by atoms with E-state index in [0.717, 1.165) is 0 Å². The normalized spacial score (nSPS) is 10.7. The van der Waals surface area contributed by atoms with Crippen molar-refractivity contribution in [1.29, 1.82) is 0 Å². The van der Waals surface area contributed by atoms with Crippen molar-refractivity contribution in [3.8, 4) is 28.6 Å². The molecule has 2 rings (SSSR count). The molecular weight excluding hydrogens is 500 g/mol. The number of ether oxygens (including phenoxy) is 3. The molecular formula is C15H13Br3O5. The van der Waals surface area contributed by atoms with Crippen molar-refractivity contribution in [2.75, 3.05) is 21.3 Å². The van der Waals surface area contributed by atoms with Crippen LogP contribution in [0.5, 0.6) is 17.2 Å². The van der Waals surface area contributed by atoms with Gasteiger partial charge in [0.1, 0.15) is 9.50 Å². The van der Waals surface area contributed by atoms with E-state index in [-0.39, 0.29) is 3.74 Å². The minimum absolute atomic E-state index is 0.274. The summed E-state index contributed by atoms with van der Waals surface area (Å²) in [4.78, 5) is 12.1. The van der Waals surface area contributed by atoms with Gasteiger partial charge in [-0.2, -0.15) is 0 Å². The van der Waals surface area contributed by atoms with Gasteiger partial charge in [-0.05, 0) is 34.1 Å². The lowest BCUT2D eigenvalue weighted by atomic mass is 10.1. The number of rotatable bonds is 5. The number of benzene rings is 1. The first-order valence-corrected chi connectivity index (χ1v) is 8.98. The van der Waals surface area contributed by atoms with Gasteiger partial charge in [0, 0.05) is 5.56 Å². The van der Waals surface area contributed by atoms with E-state index in [9.17, 15) is 4.79 Å². The molecule has 0 spiro atoms. The predicted molar refractivity (Wildman–Crippen MR) is 98.4 cm³/mol. The summed E-state index contributed by atoms with van der Waals surface area (Å²) in [6, 6.07) is 5.10. The van der Waals surface area contributed by atoms with Crippen molar-refractivity contribution in [2.24, 2.45) is 0 Å². The average molecular weight is 513 g/mol. The fourth-order valence-corrected chi connectivity index (χ4v) is 3.36. The molecule has 0 amide bonds. The number of hydrogen-bond donors (Lipinski definition) is 0. The Balaban J connectivity index is 2.69. The third-order valence-electron chi connectivity index (χ3n) is 3.12. The smallest absolute Gasteiger partial charge is 0.341 e. The third-order valence-corrected chi connectivity index (χ3v) is 4.90. The standard InChI is InChI=1S/C15H13Br3O5/c1-20-10-6-8(11(16)13(22-3)12(10)21-2)9-5-4-7(14(17)18)15(19)23-9/h4-6,14H,1-3H3. The first kappa shape index (κ1) is 18.4. The predicted octanol–water partition coefficient (Wildman–Crippen LogP) is 4.88. The van der Waals surface area contributed by atoms with Crippen LogP contribution in [0.1, 0.15) is 9.30 Å². The van der Waals surface area contributed by atoms with Gasteiger partial charge in [0.05, 0.1) is 31.4 Å². The molecule has 0 aliphatic rings. The second kappa shape index (κ2) is 7.72. The van der Waals surface area contributed by atoms with Crippen LogP contribution >= 0.6 is 47.8 Å². The molecule has 0 atom stereocenters. The molecule has 0 aliphatic carbocycles. The lowest BCUT2D eigenvalue weighted by molar-refractivity contribution is 0.323. The Bertz CT molecular complexity index is 770. The summed E-state index contributed by atoms with van der Waals surface area (Å²) in [5.74, 6) is 1.75. The van der Waals surface area contributed by atoms with Gasteiger partial charge in [-0.15, -0.1) is 0 Å². The van der Waals surface area contributed by atoms with E-state index in [0.29, 0.717) is 38.6 Å². The molecule has 23 heavy (non-hydrogen) atoms. The SMILES string of the molecule is COc1cc(-c2ccc(C(Br)Br)c(=O)o2)c(Br)c(OC)c1OC. The van der Waals surface area contributed by atoms with Crippen LogP contribution in [0, 0.1) is 0 Å². The van der Waals surface area contributed by atoms with Crippen molar-refractivity contribution >= 4 is 47.8 Å². The van der Waals surface area contributed by atoms with Crippen molar-refractivity contribution in [3.63, 3.8) is 0 Å². The summed E-state index contributed by atoms with van der Waals surface area (Å²) in [5.41, 5.74) is 0.642. The number of methoxy groups -OCH3 is 3. The summed E-state index contributed by atoms with van der Waals surface area (Å²) < 4.78 is 21.8. The molecule has 0 saturated carbocycles. The van der Waals surface area contributed by atoms with E-state index < -0.39 is 5.63 Å². The molecule has 5 nitrogen and oxygen atoms in total. The molecule has 0 unspecified atom stereocenters. The molecule has 2 aromatic rings. The van der Waals surface area contributed by atoms with Crippen LogP contribution in [0.25, 0.3) is 11.3 Å². The zero-order valence-corrected chi connectivity index (χ0v) is 17.2. The van der Waals surface area contributed by atoms with Gasteiger partial charge < -0.3 is 18.6 Å². The fraction of sp³-hybridized carbons (Fsp3) is 0.267. The quantitative estimate of drug-likeness (QED) is 0.534. The molecule has 1 aromatic heterocycles. The van der Waals surface area contributed by atoms with Crippen LogP contribution in [-0.2, 0) is 0 Å². The monoisotopic (exact) mass is 510 g/mol. The first-order valence-electron chi connectivity index (χ1n) is 6.35. The van der Waals surface area contributed by atoms with Gasteiger partial charge >= 0.3 is 5.63 Å². The lowest BCUT2D eigenvalue weighted by Gasteiger charge is -2.16. The maximum absolute atomic E-state index is 12.1. The van der Waals surface area contributed by atoms with E-state index in [1.165, 1.54) is 21.3 Å². The first-order chi connectivity index (χ1) is 10.9. The highest BCUT2D eigenvalue weighted by molar-refractivity contribution is 9.24. The molecule has 0 bridgehead atoms. The van der Waals surface area contributed by atoms with Crippen LogP contribution in [0.4, 0.5) is 0 Å². The van der Waals surface area contributed by atoms with Crippen molar-refractivity contribution < 1.29 is 18.6 Å². The van der Waals surface area contributed by atoms with E-state index in [1.54, 1.807) is 18.2 Å². The maximum atomic E-state index is 12.1. The summed E-state index contributed by atoms with van der Waals surface area (Å²) in [7, 11) is 4.56. The van der Waals surface area contributed by atoms with Crippen LogP contribution in [0.3, 0.4) is 0 Å². The molecule has 0 N–H and O–H groups in total. The zero-order valence-electron chi connectivity index (χ0n) is 12.5. The molecule has 124 valence electrons. The molecule has 1 heterocycles. The minimum atomic E-state index is -0.443. The molecule has 8 heteroatoms. The van der Waals surface area contributed by atoms with E-state index in [2.05, 4.69) is 47.8 Å². The van der Waals surface area contributed by atoms with Crippen LogP contribution in [0.15, 0.2) is 31.9 Å². The number of alkyl halides is 2. The lowest BCUT2D eigenvalue weighted by Crippen LogP contribution is -2.06. The van der Waals surface area contributed by atoms with Gasteiger partial charge in [-0.1, -0.05) is 31.9 Å². The van der Waals surface area contributed by atoms with E-state index in [4.69, 9.17) is 18.6 Å². The summed E-state index contributed by atoms with van der Waals surface area (Å²) >= 11 is 10.0. The largest absolute Gasteiger partial charge is 0.493 e. The topological polar surface area (TPSA) is 57.9 Å². The second-order valence-electron chi connectivity index (χ2n) is 4.35. The third kappa shape index (κ3) is 3.59. The van der Waals surface area contributed by atoms with E-state index >= 15 is 0 Å².